The number of hydrogen-bond donors (Lipinski definition) is 0. The Morgan fingerprint density at radius 2 is 1.72 bits per heavy atom. The van der Waals surface area contributed by atoms with Crippen molar-refractivity contribution in [2.75, 3.05) is 12.8 Å². The Kier molecular flexibility index (Phi) is 5.78. The average Bonchev–Trinajstić information content (AvgIpc) is 3.36. The van der Waals surface area contributed by atoms with Crippen molar-refractivity contribution in [3.8, 4) is 0 Å². The summed E-state index contributed by atoms with van der Waals surface area (Å²) in [7, 11) is -3.38. The SMILES string of the molecule is CS(=O)(=O)N1C[C@@H](c2ccccc2)C[C@H]1c1nc(CCCc2ccccc2)no1. The number of sulfonamides is 1. The van der Waals surface area contributed by atoms with E-state index in [0.717, 1.165) is 18.4 Å². The first kappa shape index (κ1) is 19.8. The number of nitrogens with zero attached hydrogens (tertiary/aromatic N) is 3. The maximum atomic E-state index is 12.4. The van der Waals surface area contributed by atoms with Gasteiger partial charge in [-0.25, -0.2) is 8.42 Å². The molecule has 1 aromatic heterocycles. The second-order valence-electron chi connectivity index (χ2n) is 7.58. The molecule has 3 aromatic rings. The third-order valence-corrected chi connectivity index (χ3v) is 6.69. The molecule has 1 aliphatic rings. The first-order chi connectivity index (χ1) is 14.0. The molecule has 1 aliphatic heterocycles. The predicted octanol–water partition coefficient (Wildman–Crippen LogP) is 3.74. The van der Waals surface area contributed by atoms with E-state index in [1.807, 2.05) is 48.5 Å². The molecule has 29 heavy (non-hydrogen) atoms. The summed E-state index contributed by atoms with van der Waals surface area (Å²) in [6.45, 7) is 0.430. The minimum absolute atomic E-state index is 0.115. The second-order valence-corrected chi connectivity index (χ2v) is 9.51. The van der Waals surface area contributed by atoms with E-state index < -0.39 is 16.1 Å². The van der Waals surface area contributed by atoms with E-state index in [0.29, 0.717) is 31.1 Å². The minimum Gasteiger partial charge on any atom is -0.338 e. The summed E-state index contributed by atoms with van der Waals surface area (Å²) in [6.07, 6.45) is 4.44. The van der Waals surface area contributed by atoms with Crippen LogP contribution in [-0.4, -0.2) is 35.7 Å². The molecule has 0 bridgehead atoms. The fourth-order valence-corrected chi connectivity index (χ4v) is 5.05. The highest BCUT2D eigenvalue weighted by Crippen LogP contribution is 2.41. The zero-order chi connectivity index (χ0) is 20.3. The van der Waals surface area contributed by atoms with Gasteiger partial charge in [-0.05, 0) is 36.3 Å². The monoisotopic (exact) mass is 411 g/mol. The Bertz CT molecular complexity index is 1040. The molecule has 0 saturated carbocycles. The highest BCUT2D eigenvalue weighted by molar-refractivity contribution is 7.88. The van der Waals surface area contributed by atoms with Crippen molar-refractivity contribution >= 4 is 10.0 Å². The summed E-state index contributed by atoms with van der Waals surface area (Å²) in [5, 5.41) is 4.10. The second kappa shape index (κ2) is 8.47. The van der Waals surface area contributed by atoms with Crippen molar-refractivity contribution in [2.45, 2.75) is 37.6 Å². The van der Waals surface area contributed by atoms with Crippen LogP contribution in [0.4, 0.5) is 0 Å². The van der Waals surface area contributed by atoms with Crippen LogP contribution >= 0.6 is 0 Å². The Balaban J connectivity index is 1.46. The van der Waals surface area contributed by atoms with E-state index in [9.17, 15) is 8.42 Å². The molecule has 1 fully saturated rings. The highest BCUT2D eigenvalue weighted by atomic mass is 32.2. The van der Waals surface area contributed by atoms with Crippen LogP contribution in [0.5, 0.6) is 0 Å². The highest BCUT2D eigenvalue weighted by Gasteiger charge is 2.41. The Labute approximate surface area is 171 Å². The van der Waals surface area contributed by atoms with Crippen molar-refractivity contribution in [1.82, 2.24) is 14.4 Å². The zero-order valence-corrected chi connectivity index (χ0v) is 17.3. The van der Waals surface area contributed by atoms with Gasteiger partial charge in [0.1, 0.15) is 6.04 Å². The third-order valence-electron chi connectivity index (χ3n) is 5.43. The number of hydrogen-bond acceptors (Lipinski definition) is 5. The van der Waals surface area contributed by atoms with Gasteiger partial charge in [0, 0.05) is 13.0 Å². The lowest BCUT2D eigenvalue weighted by Gasteiger charge is -2.18. The Morgan fingerprint density at radius 3 is 2.41 bits per heavy atom. The molecule has 0 N–H and O–H groups in total. The molecule has 7 heteroatoms. The molecule has 0 spiro atoms. The summed E-state index contributed by atoms with van der Waals surface area (Å²) >= 11 is 0. The largest absolute Gasteiger partial charge is 0.338 e. The van der Waals surface area contributed by atoms with Gasteiger partial charge in [-0.1, -0.05) is 65.8 Å². The van der Waals surface area contributed by atoms with Gasteiger partial charge >= 0.3 is 0 Å². The van der Waals surface area contributed by atoms with Gasteiger partial charge in [0.05, 0.1) is 6.26 Å². The van der Waals surface area contributed by atoms with Crippen LogP contribution in [0.25, 0.3) is 0 Å². The first-order valence-corrected chi connectivity index (χ1v) is 11.7. The van der Waals surface area contributed by atoms with Crippen molar-refractivity contribution < 1.29 is 12.9 Å². The number of rotatable bonds is 7. The predicted molar refractivity (Wildman–Crippen MR) is 111 cm³/mol. The van der Waals surface area contributed by atoms with E-state index in [-0.39, 0.29) is 5.92 Å². The van der Waals surface area contributed by atoms with Crippen molar-refractivity contribution in [3.05, 3.63) is 83.5 Å². The van der Waals surface area contributed by atoms with Crippen LogP contribution in [0, 0.1) is 0 Å². The lowest BCUT2D eigenvalue weighted by atomic mass is 9.96. The molecule has 2 atom stereocenters. The molecule has 0 aliphatic carbocycles. The summed E-state index contributed by atoms with van der Waals surface area (Å²) in [6, 6.07) is 19.9. The van der Waals surface area contributed by atoms with Gasteiger partial charge in [-0.3, -0.25) is 0 Å². The third kappa shape index (κ3) is 4.74. The molecule has 4 rings (SSSR count). The summed E-state index contributed by atoms with van der Waals surface area (Å²) in [5.41, 5.74) is 2.41. The Morgan fingerprint density at radius 1 is 1.03 bits per heavy atom. The van der Waals surface area contributed by atoms with Crippen molar-refractivity contribution in [3.63, 3.8) is 0 Å². The summed E-state index contributed by atoms with van der Waals surface area (Å²) in [4.78, 5) is 4.53. The molecule has 1 saturated heterocycles. The number of benzene rings is 2. The number of aromatic nitrogens is 2. The molecule has 152 valence electrons. The standard InChI is InChI=1S/C22H25N3O3S/c1-29(26,27)25-16-19(18-12-6-3-7-13-18)15-20(25)22-23-21(24-28-22)14-8-11-17-9-4-2-5-10-17/h2-7,9-10,12-13,19-20H,8,11,14-16H2,1H3/t19-,20-/m0/s1. The summed E-state index contributed by atoms with van der Waals surface area (Å²) < 4.78 is 31.7. The lowest BCUT2D eigenvalue weighted by molar-refractivity contribution is 0.290. The van der Waals surface area contributed by atoms with E-state index in [1.54, 1.807) is 0 Å². The van der Waals surface area contributed by atoms with Gasteiger partial charge in [0.15, 0.2) is 5.82 Å². The van der Waals surface area contributed by atoms with Crippen molar-refractivity contribution in [2.24, 2.45) is 0 Å². The fraction of sp³-hybridized carbons (Fsp3) is 0.364. The number of aryl methyl sites for hydroxylation is 2. The summed E-state index contributed by atoms with van der Waals surface area (Å²) in [5.74, 6) is 1.14. The zero-order valence-electron chi connectivity index (χ0n) is 16.4. The maximum absolute atomic E-state index is 12.4. The quantitative estimate of drug-likeness (QED) is 0.592. The van der Waals surface area contributed by atoms with Crippen LogP contribution in [-0.2, 0) is 22.9 Å². The van der Waals surface area contributed by atoms with E-state index >= 15 is 0 Å². The van der Waals surface area contributed by atoms with Crippen molar-refractivity contribution in [1.29, 1.82) is 0 Å². The molecule has 0 unspecified atom stereocenters. The molecule has 2 aromatic carbocycles. The van der Waals surface area contributed by atoms with Gasteiger partial charge in [-0.15, -0.1) is 0 Å². The average molecular weight is 412 g/mol. The smallest absolute Gasteiger partial charge is 0.245 e. The first-order valence-electron chi connectivity index (χ1n) is 9.89. The molecule has 6 nitrogen and oxygen atoms in total. The van der Waals surface area contributed by atoms with Crippen LogP contribution in [0.15, 0.2) is 65.2 Å². The normalized spacial score (nSPS) is 20.2. The Hall–Kier alpha value is -2.51. The molecule has 0 amide bonds. The van der Waals surface area contributed by atoms with Gasteiger partial charge in [0.25, 0.3) is 0 Å². The van der Waals surface area contributed by atoms with Crippen LogP contribution < -0.4 is 0 Å². The molecular weight excluding hydrogens is 386 g/mol. The maximum Gasteiger partial charge on any atom is 0.245 e. The lowest BCUT2D eigenvalue weighted by Crippen LogP contribution is -2.30. The fourth-order valence-electron chi connectivity index (χ4n) is 3.96. The van der Waals surface area contributed by atoms with E-state index in [4.69, 9.17) is 4.52 Å². The topological polar surface area (TPSA) is 76.3 Å². The van der Waals surface area contributed by atoms with Gasteiger partial charge in [0.2, 0.25) is 15.9 Å². The van der Waals surface area contributed by atoms with E-state index in [1.165, 1.54) is 16.1 Å². The van der Waals surface area contributed by atoms with E-state index in [2.05, 4.69) is 22.3 Å². The van der Waals surface area contributed by atoms with Crippen LogP contribution in [0.2, 0.25) is 0 Å². The van der Waals surface area contributed by atoms with Crippen LogP contribution in [0.1, 0.15) is 47.6 Å². The molecule has 0 radical (unpaired) electrons. The minimum atomic E-state index is -3.38. The van der Waals surface area contributed by atoms with Gasteiger partial charge in [-0.2, -0.15) is 9.29 Å². The molecule has 2 heterocycles. The molecular formula is C22H25N3O3S. The van der Waals surface area contributed by atoms with Gasteiger partial charge < -0.3 is 4.52 Å². The van der Waals surface area contributed by atoms with Crippen LogP contribution in [0.3, 0.4) is 0 Å².